The zero-order chi connectivity index (χ0) is 18.8. The van der Waals surface area contributed by atoms with Gasteiger partial charge in [-0.3, -0.25) is 9.69 Å². The van der Waals surface area contributed by atoms with Crippen LogP contribution in [0.3, 0.4) is 0 Å². The molecule has 0 saturated carbocycles. The van der Waals surface area contributed by atoms with Crippen molar-refractivity contribution in [1.29, 1.82) is 0 Å². The molecule has 26 heavy (non-hydrogen) atoms. The molecule has 8 nitrogen and oxygen atoms in total. The van der Waals surface area contributed by atoms with Crippen molar-refractivity contribution in [2.45, 2.75) is 6.54 Å². The number of methoxy groups -OCH3 is 1. The second kappa shape index (κ2) is 7.04. The van der Waals surface area contributed by atoms with Gasteiger partial charge >= 0.3 is 12.0 Å². The van der Waals surface area contributed by atoms with Gasteiger partial charge in [0.15, 0.2) is 0 Å². The number of rotatable bonds is 4. The second-order valence-corrected chi connectivity index (χ2v) is 6.26. The maximum absolute atomic E-state index is 12.5. The monoisotopic (exact) mass is 420 g/mol. The average molecular weight is 421 g/mol. The summed E-state index contributed by atoms with van der Waals surface area (Å²) >= 11 is 3.28. The predicted octanol–water partition coefficient (Wildman–Crippen LogP) is 2.63. The molecule has 1 aliphatic heterocycles. The lowest BCUT2D eigenvalue weighted by Gasteiger charge is -2.09. The third kappa shape index (κ3) is 3.47. The topological polar surface area (TPSA) is 109 Å². The number of halogens is 1. The molecule has 0 unspecified atom stereocenters. The minimum atomic E-state index is -0.654. The van der Waals surface area contributed by atoms with Crippen LogP contribution in [0, 0.1) is 0 Å². The third-order valence-corrected chi connectivity index (χ3v) is 4.11. The van der Waals surface area contributed by atoms with Crippen molar-refractivity contribution >= 4 is 39.9 Å². The van der Waals surface area contributed by atoms with Crippen molar-refractivity contribution in [3.63, 3.8) is 0 Å². The average Bonchev–Trinajstić information content (AvgIpc) is 3.18. The standard InChI is InChI=1S/C17H13BrN2O6/c1-25-16(23)14-5-3-11(26-14)8-20-15(22)12(19-17(20)24)7-9-6-10(18)2-4-13(9)21/h2-7,21H,8H2,1H3,(H,19,24)/b12-7-. The van der Waals surface area contributed by atoms with Crippen LogP contribution in [0.2, 0.25) is 0 Å². The zero-order valence-electron chi connectivity index (χ0n) is 13.5. The van der Waals surface area contributed by atoms with Gasteiger partial charge in [-0.05, 0) is 36.4 Å². The van der Waals surface area contributed by atoms with E-state index in [1.807, 2.05) is 0 Å². The van der Waals surface area contributed by atoms with Gasteiger partial charge in [0.05, 0.1) is 13.7 Å². The normalized spacial score (nSPS) is 15.5. The van der Waals surface area contributed by atoms with Crippen LogP contribution in [0.15, 0.2) is 44.9 Å². The summed E-state index contributed by atoms with van der Waals surface area (Å²) in [6.07, 6.45) is 1.38. The summed E-state index contributed by atoms with van der Waals surface area (Å²) in [5.41, 5.74) is 0.388. The lowest BCUT2D eigenvalue weighted by Crippen LogP contribution is -2.30. The van der Waals surface area contributed by atoms with Crippen LogP contribution >= 0.6 is 15.9 Å². The Morgan fingerprint density at radius 1 is 1.35 bits per heavy atom. The van der Waals surface area contributed by atoms with Crippen LogP contribution in [0.25, 0.3) is 6.08 Å². The Morgan fingerprint density at radius 2 is 2.12 bits per heavy atom. The maximum atomic E-state index is 12.5. The predicted molar refractivity (Wildman–Crippen MR) is 92.9 cm³/mol. The molecule has 0 atom stereocenters. The number of aromatic hydroxyl groups is 1. The van der Waals surface area contributed by atoms with E-state index in [9.17, 15) is 19.5 Å². The first kappa shape index (κ1) is 17.7. The molecule has 9 heteroatoms. The van der Waals surface area contributed by atoms with E-state index in [0.29, 0.717) is 10.0 Å². The molecule has 2 aromatic rings. The van der Waals surface area contributed by atoms with Gasteiger partial charge in [-0.2, -0.15) is 0 Å². The second-order valence-electron chi connectivity index (χ2n) is 5.34. The van der Waals surface area contributed by atoms with Crippen LogP contribution in [0.4, 0.5) is 4.79 Å². The Bertz CT molecular complexity index is 933. The van der Waals surface area contributed by atoms with Gasteiger partial charge in [0.25, 0.3) is 5.91 Å². The van der Waals surface area contributed by atoms with Crippen LogP contribution in [0.5, 0.6) is 5.75 Å². The lowest BCUT2D eigenvalue weighted by atomic mass is 10.1. The van der Waals surface area contributed by atoms with E-state index in [-0.39, 0.29) is 29.5 Å². The van der Waals surface area contributed by atoms with E-state index in [4.69, 9.17) is 4.42 Å². The Balaban J connectivity index is 1.81. The van der Waals surface area contributed by atoms with E-state index in [2.05, 4.69) is 26.0 Å². The maximum Gasteiger partial charge on any atom is 0.373 e. The number of urea groups is 1. The highest BCUT2D eigenvalue weighted by molar-refractivity contribution is 9.10. The Hall–Kier alpha value is -3.07. The molecule has 0 radical (unpaired) electrons. The van der Waals surface area contributed by atoms with E-state index in [1.165, 1.54) is 31.4 Å². The first-order chi connectivity index (χ1) is 12.4. The number of esters is 1. The molecule has 134 valence electrons. The van der Waals surface area contributed by atoms with E-state index in [0.717, 1.165) is 4.90 Å². The Labute approximate surface area is 156 Å². The zero-order valence-corrected chi connectivity index (χ0v) is 15.1. The fourth-order valence-corrected chi connectivity index (χ4v) is 2.72. The summed E-state index contributed by atoms with van der Waals surface area (Å²) in [7, 11) is 1.22. The quantitative estimate of drug-likeness (QED) is 0.446. The number of hydrogen-bond donors (Lipinski definition) is 2. The molecule has 1 fully saturated rings. The van der Waals surface area contributed by atoms with Crippen molar-refractivity contribution in [3.05, 3.63) is 57.6 Å². The third-order valence-electron chi connectivity index (χ3n) is 3.61. The van der Waals surface area contributed by atoms with Gasteiger partial charge in [-0.25, -0.2) is 9.59 Å². The number of nitrogens with one attached hydrogen (secondary N) is 1. The van der Waals surface area contributed by atoms with Crippen molar-refractivity contribution < 1.29 is 28.6 Å². The van der Waals surface area contributed by atoms with Gasteiger partial charge in [0.2, 0.25) is 5.76 Å². The highest BCUT2D eigenvalue weighted by Crippen LogP contribution is 2.25. The first-order valence-electron chi connectivity index (χ1n) is 7.39. The number of carbonyl (C=O) groups is 3. The number of furan rings is 1. The largest absolute Gasteiger partial charge is 0.507 e. The van der Waals surface area contributed by atoms with Crippen molar-refractivity contribution in [2.75, 3.05) is 7.11 Å². The van der Waals surface area contributed by atoms with Gasteiger partial charge in [-0.1, -0.05) is 15.9 Å². The van der Waals surface area contributed by atoms with Gasteiger partial charge in [-0.15, -0.1) is 0 Å². The minimum Gasteiger partial charge on any atom is -0.507 e. The summed E-state index contributed by atoms with van der Waals surface area (Å²) in [5, 5.41) is 12.3. The fourth-order valence-electron chi connectivity index (χ4n) is 2.34. The minimum absolute atomic E-state index is 0.0168. The number of phenolic OH excluding ortho intramolecular Hbond substituents is 1. The number of benzene rings is 1. The van der Waals surface area contributed by atoms with Crippen molar-refractivity contribution in [1.82, 2.24) is 10.2 Å². The number of nitrogens with zero attached hydrogens (tertiary/aromatic N) is 1. The summed E-state index contributed by atoms with van der Waals surface area (Å²) in [5.74, 6) is -1.04. The van der Waals surface area contributed by atoms with Gasteiger partial charge < -0.3 is 19.6 Å². The summed E-state index contributed by atoms with van der Waals surface area (Å²) in [4.78, 5) is 36.9. The van der Waals surface area contributed by atoms with Crippen molar-refractivity contribution in [3.8, 4) is 5.75 Å². The van der Waals surface area contributed by atoms with Gasteiger partial charge in [0, 0.05) is 10.0 Å². The van der Waals surface area contributed by atoms with Crippen LogP contribution < -0.4 is 5.32 Å². The highest BCUT2D eigenvalue weighted by atomic mass is 79.9. The lowest BCUT2D eigenvalue weighted by molar-refractivity contribution is -0.123. The molecule has 3 rings (SSSR count). The van der Waals surface area contributed by atoms with Crippen LogP contribution in [-0.2, 0) is 16.1 Å². The van der Waals surface area contributed by atoms with E-state index < -0.39 is 17.9 Å². The summed E-state index contributed by atoms with van der Waals surface area (Å²) in [6.45, 7) is -0.149. The molecule has 0 aliphatic carbocycles. The van der Waals surface area contributed by atoms with Gasteiger partial charge in [0.1, 0.15) is 17.2 Å². The number of imide groups is 1. The smallest absolute Gasteiger partial charge is 0.373 e. The molecule has 3 amide bonds. The molecule has 0 spiro atoms. The van der Waals surface area contributed by atoms with Crippen LogP contribution in [0.1, 0.15) is 21.9 Å². The SMILES string of the molecule is COC(=O)c1ccc(CN2C(=O)N/C(=C\c3cc(Br)ccc3O)C2=O)o1. The number of hydrogen-bond acceptors (Lipinski definition) is 6. The van der Waals surface area contributed by atoms with Crippen molar-refractivity contribution in [2.24, 2.45) is 0 Å². The Morgan fingerprint density at radius 3 is 2.85 bits per heavy atom. The Kier molecular flexibility index (Phi) is 4.81. The molecular formula is C17H13BrN2O6. The molecule has 1 aromatic carbocycles. The molecule has 2 N–H and O–H groups in total. The number of phenols is 1. The molecular weight excluding hydrogens is 408 g/mol. The van der Waals surface area contributed by atoms with E-state index in [1.54, 1.807) is 12.1 Å². The molecule has 1 aliphatic rings. The summed E-state index contributed by atoms with van der Waals surface area (Å²) in [6, 6.07) is 6.97. The van der Waals surface area contributed by atoms with Crippen LogP contribution in [-0.4, -0.2) is 35.0 Å². The first-order valence-corrected chi connectivity index (χ1v) is 8.18. The number of ether oxygens (including phenoxy) is 1. The molecule has 1 aromatic heterocycles. The fraction of sp³-hybridized carbons (Fsp3) is 0.118. The molecule has 1 saturated heterocycles. The highest BCUT2D eigenvalue weighted by Gasteiger charge is 2.34. The number of carbonyl (C=O) groups excluding carboxylic acids is 3. The van der Waals surface area contributed by atoms with E-state index >= 15 is 0 Å². The molecule has 0 bridgehead atoms. The summed E-state index contributed by atoms with van der Waals surface area (Å²) < 4.78 is 10.5. The molecule has 2 heterocycles. The number of amides is 3.